The predicted molar refractivity (Wildman–Crippen MR) is 42.1 cm³/mol. The van der Waals surface area contributed by atoms with Crippen molar-refractivity contribution in [3.8, 4) is 0 Å². The first kappa shape index (κ1) is 8.37. The molecular formula is C8H15NO2. The SMILES string of the molecule is C[C@H]1CC[C@H](OC(N)=O)CC1. The molecule has 0 atom stereocenters. The fourth-order valence-electron chi connectivity index (χ4n) is 1.51. The van der Waals surface area contributed by atoms with Crippen LogP contribution in [-0.2, 0) is 4.74 Å². The molecule has 0 spiro atoms. The normalized spacial score (nSPS) is 31.4. The number of rotatable bonds is 1. The zero-order chi connectivity index (χ0) is 8.27. The molecule has 1 rings (SSSR count). The minimum Gasteiger partial charge on any atom is -0.446 e. The third kappa shape index (κ3) is 2.78. The number of ether oxygens (including phenoxy) is 1. The largest absolute Gasteiger partial charge is 0.446 e. The quantitative estimate of drug-likeness (QED) is 0.629. The molecule has 0 saturated heterocycles. The summed E-state index contributed by atoms with van der Waals surface area (Å²) in [6.45, 7) is 2.22. The van der Waals surface area contributed by atoms with Crippen LogP contribution in [0.15, 0.2) is 0 Å². The van der Waals surface area contributed by atoms with Crippen LogP contribution in [0.4, 0.5) is 4.79 Å². The van der Waals surface area contributed by atoms with Crippen LogP contribution >= 0.6 is 0 Å². The maximum atomic E-state index is 10.3. The van der Waals surface area contributed by atoms with Crippen molar-refractivity contribution in [3.05, 3.63) is 0 Å². The number of hydrogen-bond acceptors (Lipinski definition) is 2. The molecule has 0 aromatic rings. The highest BCUT2D eigenvalue weighted by Crippen LogP contribution is 2.25. The lowest BCUT2D eigenvalue weighted by molar-refractivity contribution is 0.0732. The Morgan fingerprint density at radius 2 is 1.91 bits per heavy atom. The summed E-state index contributed by atoms with van der Waals surface area (Å²) in [4.78, 5) is 10.3. The summed E-state index contributed by atoms with van der Waals surface area (Å²) in [6, 6.07) is 0. The van der Waals surface area contributed by atoms with Crippen LogP contribution in [0.2, 0.25) is 0 Å². The van der Waals surface area contributed by atoms with E-state index in [1.54, 1.807) is 0 Å². The second-order valence-electron chi connectivity index (χ2n) is 3.32. The average molecular weight is 157 g/mol. The first-order valence-electron chi connectivity index (χ1n) is 4.14. The lowest BCUT2D eigenvalue weighted by Crippen LogP contribution is -2.26. The highest BCUT2D eigenvalue weighted by molar-refractivity contribution is 5.64. The summed E-state index contributed by atoms with van der Waals surface area (Å²) in [5, 5.41) is 0. The van der Waals surface area contributed by atoms with E-state index in [-0.39, 0.29) is 6.10 Å². The van der Waals surface area contributed by atoms with Crippen LogP contribution in [0.1, 0.15) is 32.6 Å². The van der Waals surface area contributed by atoms with Gasteiger partial charge in [0.05, 0.1) is 0 Å². The van der Waals surface area contributed by atoms with Gasteiger partial charge in [0.25, 0.3) is 0 Å². The number of carbonyl (C=O) groups is 1. The molecule has 1 fully saturated rings. The third-order valence-electron chi connectivity index (χ3n) is 2.25. The molecule has 0 bridgehead atoms. The molecule has 0 aromatic heterocycles. The van der Waals surface area contributed by atoms with E-state index in [0.29, 0.717) is 0 Å². The number of carbonyl (C=O) groups excluding carboxylic acids is 1. The molecule has 0 heterocycles. The van der Waals surface area contributed by atoms with Crippen molar-refractivity contribution in [2.75, 3.05) is 0 Å². The van der Waals surface area contributed by atoms with Crippen LogP contribution in [0.3, 0.4) is 0 Å². The van der Waals surface area contributed by atoms with E-state index in [2.05, 4.69) is 6.92 Å². The van der Waals surface area contributed by atoms with Crippen LogP contribution < -0.4 is 5.73 Å². The van der Waals surface area contributed by atoms with Gasteiger partial charge in [0.1, 0.15) is 6.10 Å². The van der Waals surface area contributed by atoms with Gasteiger partial charge in [-0.15, -0.1) is 0 Å². The Morgan fingerprint density at radius 1 is 1.36 bits per heavy atom. The van der Waals surface area contributed by atoms with Crippen molar-refractivity contribution >= 4 is 6.09 Å². The molecule has 1 aliphatic rings. The number of nitrogens with two attached hydrogens (primary N) is 1. The fraction of sp³-hybridized carbons (Fsp3) is 0.875. The first-order chi connectivity index (χ1) is 5.18. The molecule has 0 unspecified atom stereocenters. The molecule has 0 aromatic carbocycles. The van der Waals surface area contributed by atoms with E-state index in [9.17, 15) is 4.79 Å². The van der Waals surface area contributed by atoms with Crippen molar-refractivity contribution in [3.63, 3.8) is 0 Å². The topological polar surface area (TPSA) is 52.3 Å². The van der Waals surface area contributed by atoms with Gasteiger partial charge >= 0.3 is 6.09 Å². The molecule has 1 amide bonds. The Kier molecular flexibility index (Phi) is 2.74. The zero-order valence-corrected chi connectivity index (χ0v) is 6.88. The lowest BCUT2D eigenvalue weighted by Gasteiger charge is -2.25. The van der Waals surface area contributed by atoms with E-state index in [1.807, 2.05) is 0 Å². The Balaban J connectivity index is 2.22. The van der Waals surface area contributed by atoms with Crippen LogP contribution in [0, 0.1) is 5.92 Å². The summed E-state index contributed by atoms with van der Waals surface area (Å²) in [5.41, 5.74) is 4.90. The molecule has 3 heteroatoms. The van der Waals surface area contributed by atoms with Gasteiger partial charge in [-0.3, -0.25) is 0 Å². The standard InChI is InChI=1S/C8H15NO2/c1-6-2-4-7(5-3-6)11-8(9)10/h6-7H,2-5H2,1H3,(H2,9,10)/t6-,7-. The van der Waals surface area contributed by atoms with Gasteiger partial charge in [-0.25, -0.2) is 4.79 Å². The van der Waals surface area contributed by atoms with E-state index in [4.69, 9.17) is 10.5 Å². The van der Waals surface area contributed by atoms with Crippen LogP contribution in [-0.4, -0.2) is 12.2 Å². The molecule has 2 N–H and O–H groups in total. The molecular weight excluding hydrogens is 142 g/mol. The predicted octanol–water partition coefficient (Wildman–Crippen LogP) is 1.66. The smallest absolute Gasteiger partial charge is 0.404 e. The summed E-state index contributed by atoms with van der Waals surface area (Å²) >= 11 is 0. The maximum absolute atomic E-state index is 10.3. The molecule has 1 saturated carbocycles. The van der Waals surface area contributed by atoms with Crippen molar-refractivity contribution in [1.29, 1.82) is 0 Å². The number of primary amides is 1. The minimum atomic E-state index is -0.635. The molecule has 0 radical (unpaired) electrons. The summed E-state index contributed by atoms with van der Waals surface area (Å²) in [5.74, 6) is 0.780. The summed E-state index contributed by atoms with van der Waals surface area (Å²) < 4.78 is 4.88. The molecule has 1 aliphatic carbocycles. The molecule has 3 nitrogen and oxygen atoms in total. The van der Waals surface area contributed by atoms with Gasteiger partial charge in [0.15, 0.2) is 0 Å². The van der Waals surface area contributed by atoms with Gasteiger partial charge in [-0.05, 0) is 31.6 Å². The highest BCUT2D eigenvalue weighted by Gasteiger charge is 2.20. The highest BCUT2D eigenvalue weighted by atomic mass is 16.6. The minimum absolute atomic E-state index is 0.0868. The van der Waals surface area contributed by atoms with Gasteiger partial charge in [0, 0.05) is 0 Å². The van der Waals surface area contributed by atoms with Gasteiger partial charge in [0.2, 0.25) is 0 Å². The fourth-order valence-corrected chi connectivity index (χ4v) is 1.51. The summed E-state index contributed by atoms with van der Waals surface area (Å²) in [6.07, 6.45) is 3.71. The van der Waals surface area contributed by atoms with Crippen molar-refractivity contribution in [1.82, 2.24) is 0 Å². The van der Waals surface area contributed by atoms with E-state index < -0.39 is 6.09 Å². The van der Waals surface area contributed by atoms with Gasteiger partial charge < -0.3 is 10.5 Å². The van der Waals surface area contributed by atoms with Crippen molar-refractivity contribution < 1.29 is 9.53 Å². The Hall–Kier alpha value is -0.730. The Labute approximate surface area is 66.9 Å². The number of hydrogen-bond donors (Lipinski definition) is 1. The third-order valence-corrected chi connectivity index (χ3v) is 2.25. The lowest BCUT2D eigenvalue weighted by atomic mass is 9.89. The van der Waals surface area contributed by atoms with E-state index in [0.717, 1.165) is 31.6 Å². The van der Waals surface area contributed by atoms with Crippen molar-refractivity contribution in [2.24, 2.45) is 11.7 Å². The van der Waals surface area contributed by atoms with E-state index >= 15 is 0 Å². The first-order valence-corrected chi connectivity index (χ1v) is 4.14. The van der Waals surface area contributed by atoms with Crippen LogP contribution in [0.25, 0.3) is 0 Å². The molecule has 0 aliphatic heterocycles. The zero-order valence-electron chi connectivity index (χ0n) is 6.88. The maximum Gasteiger partial charge on any atom is 0.404 e. The second kappa shape index (κ2) is 3.60. The van der Waals surface area contributed by atoms with Crippen LogP contribution in [0.5, 0.6) is 0 Å². The Morgan fingerprint density at radius 3 is 2.36 bits per heavy atom. The Bertz CT molecular complexity index is 139. The molecule has 11 heavy (non-hydrogen) atoms. The second-order valence-corrected chi connectivity index (χ2v) is 3.32. The molecule has 64 valence electrons. The summed E-state index contributed by atoms with van der Waals surface area (Å²) in [7, 11) is 0. The average Bonchev–Trinajstić information content (AvgIpc) is 1.93. The number of amides is 1. The van der Waals surface area contributed by atoms with E-state index in [1.165, 1.54) is 0 Å². The van der Waals surface area contributed by atoms with Gasteiger partial charge in [-0.1, -0.05) is 6.92 Å². The van der Waals surface area contributed by atoms with Crippen molar-refractivity contribution in [2.45, 2.75) is 38.7 Å². The monoisotopic (exact) mass is 157 g/mol. The van der Waals surface area contributed by atoms with Gasteiger partial charge in [-0.2, -0.15) is 0 Å².